The molecule has 0 unspecified atom stereocenters. The lowest BCUT2D eigenvalue weighted by Gasteiger charge is -2.36. The molecule has 1 saturated heterocycles. The Kier molecular flexibility index (Phi) is 6.39. The van der Waals surface area contributed by atoms with Gasteiger partial charge in [-0.2, -0.15) is 0 Å². The van der Waals surface area contributed by atoms with Crippen LogP contribution < -0.4 is 5.32 Å². The fourth-order valence-electron chi connectivity index (χ4n) is 2.50. The fourth-order valence-corrected chi connectivity index (χ4v) is 2.66. The first kappa shape index (κ1) is 18.5. The number of carbonyl (C=O) groups excluding carboxylic acids is 2. The van der Waals surface area contributed by atoms with Crippen LogP contribution >= 0.6 is 11.6 Å². The maximum atomic E-state index is 13.8. The molecule has 1 aliphatic heterocycles. The Labute approximate surface area is 145 Å². The lowest BCUT2D eigenvalue weighted by atomic mass is 10.2. The van der Waals surface area contributed by atoms with Crippen LogP contribution in [0.3, 0.4) is 0 Å². The molecule has 2 rings (SSSR count). The van der Waals surface area contributed by atoms with Crippen molar-refractivity contribution in [3.63, 3.8) is 0 Å². The standard InChI is InChI=1S/C16H21ClFN3O3/c1-3-24-16(23)21-8-6-20(7-9-21)11(2)15(22)19-14-5-4-12(17)10-13(14)18/h4-5,10-11H,3,6-9H2,1-2H3,(H,19,22)/t11-/m1/s1. The van der Waals surface area contributed by atoms with Crippen molar-refractivity contribution in [2.24, 2.45) is 0 Å². The second-order valence-corrected chi connectivity index (χ2v) is 5.95. The number of ether oxygens (including phenoxy) is 1. The third kappa shape index (κ3) is 4.58. The number of piperazine rings is 1. The minimum absolute atomic E-state index is 0.0985. The van der Waals surface area contributed by atoms with Crippen molar-refractivity contribution in [1.82, 2.24) is 9.80 Å². The van der Waals surface area contributed by atoms with Crippen LogP contribution in [0.5, 0.6) is 0 Å². The number of anilines is 1. The third-order valence-electron chi connectivity index (χ3n) is 3.96. The van der Waals surface area contributed by atoms with E-state index >= 15 is 0 Å². The van der Waals surface area contributed by atoms with Gasteiger partial charge in [-0.1, -0.05) is 11.6 Å². The molecule has 0 radical (unpaired) electrons. The van der Waals surface area contributed by atoms with Crippen LogP contribution in [0.4, 0.5) is 14.9 Å². The van der Waals surface area contributed by atoms with Gasteiger partial charge in [-0.15, -0.1) is 0 Å². The van der Waals surface area contributed by atoms with Crippen molar-refractivity contribution < 1.29 is 18.7 Å². The first-order valence-electron chi connectivity index (χ1n) is 7.84. The molecular weight excluding hydrogens is 337 g/mol. The number of halogens is 2. The molecule has 1 aromatic carbocycles. The van der Waals surface area contributed by atoms with E-state index in [-0.39, 0.29) is 22.7 Å². The van der Waals surface area contributed by atoms with Crippen LogP contribution in [0.15, 0.2) is 18.2 Å². The van der Waals surface area contributed by atoms with E-state index in [9.17, 15) is 14.0 Å². The summed E-state index contributed by atoms with van der Waals surface area (Å²) in [5, 5.41) is 2.84. The predicted molar refractivity (Wildman–Crippen MR) is 89.7 cm³/mol. The fraction of sp³-hybridized carbons (Fsp3) is 0.500. The summed E-state index contributed by atoms with van der Waals surface area (Å²) in [4.78, 5) is 27.5. The molecule has 1 heterocycles. The zero-order chi connectivity index (χ0) is 17.7. The van der Waals surface area contributed by atoms with E-state index in [2.05, 4.69) is 5.32 Å². The van der Waals surface area contributed by atoms with Gasteiger partial charge in [0.1, 0.15) is 5.82 Å². The molecule has 0 aromatic heterocycles. The second-order valence-electron chi connectivity index (χ2n) is 5.51. The van der Waals surface area contributed by atoms with Gasteiger partial charge in [0.2, 0.25) is 5.91 Å². The highest BCUT2D eigenvalue weighted by Gasteiger charge is 2.28. The monoisotopic (exact) mass is 357 g/mol. The molecule has 132 valence electrons. The minimum atomic E-state index is -0.574. The van der Waals surface area contributed by atoms with Crippen LogP contribution in [0.1, 0.15) is 13.8 Å². The van der Waals surface area contributed by atoms with E-state index in [0.29, 0.717) is 32.8 Å². The lowest BCUT2D eigenvalue weighted by Crippen LogP contribution is -2.54. The lowest BCUT2D eigenvalue weighted by molar-refractivity contribution is -0.121. The number of hydrogen-bond donors (Lipinski definition) is 1. The molecule has 0 aliphatic carbocycles. The molecule has 2 amide bonds. The highest BCUT2D eigenvalue weighted by Crippen LogP contribution is 2.19. The number of carbonyl (C=O) groups is 2. The Morgan fingerprint density at radius 1 is 1.33 bits per heavy atom. The van der Waals surface area contributed by atoms with Crippen LogP contribution in [-0.2, 0) is 9.53 Å². The van der Waals surface area contributed by atoms with Gasteiger partial charge in [-0.25, -0.2) is 9.18 Å². The van der Waals surface area contributed by atoms with Crippen molar-refractivity contribution in [2.75, 3.05) is 38.1 Å². The van der Waals surface area contributed by atoms with Crippen molar-refractivity contribution in [3.05, 3.63) is 29.0 Å². The smallest absolute Gasteiger partial charge is 0.409 e. The van der Waals surface area contributed by atoms with Gasteiger partial charge < -0.3 is 15.0 Å². The third-order valence-corrected chi connectivity index (χ3v) is 4.19. The van der Waals surface area contributed by atoms with Crippen molar-refractivity contribution in [2.45, 2.75) is 19.9 Å². The van der Waals surface area contributed by atoms with E-state index in [1.165, 1.54) is 12.1 Å². The Bertz CT molecular complexity index is 606. The second kappa shape index (κ2) is 8.30. The molecule has 24 heavy (non-hydrogen) atoms. The molecule has 1 aliphatic rings. The maximum Gasteiger partial charge on any atom is 0.409 e. The summed E-state index contributed by atoms with van der Waals surface area (Å²) in [6.45, 7) is 5.94. The molecule has 0 saturated carbocycles. The summed E-state index contributed by atoms with van der Waals surface area (Å²) >= 11 is 5.70. The summed E-state index contributed by atoms with van der Waals surface area (Å²) in [7, 11) is 0. The molecular formula is C16H21ClFN3O3. The van der Waals surface area contributed by atoms with Crippen LogP contribution in [0, 0.1) is 5.82 Å². The molecule has 1 N–H and O–H groups in total. The molecule has 1 fully saturated rings. The maximum absolute atomic E-state index is 13.8. The van der Waals surface area contributed by atoms with Gasteiger partial charge >= 0.3 is 6.09 Å². The number of amides is 2. The Morgan fingerprint density at radius 2 is 2.00 bits per heavy atom. The first-order valence-corrected chi connectivity index (χ1v) is 8.21. The van der Waals surface area contributed by atoms with Crippen LogP contribution in [0.2, 0.25) is 5.02 Å². The summed E-state index contributed by atoms with van der Waals surface area (Å²) in [6.07, 6.45) is -0.336. The number of nitrogens with one attached hydrogen (secondary N) is 1. The van der Waals surface area contributed by atoms with Crippen molar-refractivity contribution in [3.8, 4) is 0 Å². The minimum Gasteiger partial charge on any atom is -0.450 e. The number of rotatable bonds is 4. The van der Waals surface area contributed by atoms with Gasteiger partial charge in [0.05, 0.1) is 18.3 Å². The highest BCUT2D eigenvalue weighted by atomic mass is 35.5. The predicted octanol–water partition coefficient (Wildman–Crippen LogP) is 2.58. The van der Waals surface area contributed by atoms with Crippen molar-refractivity contribution >= 4 is 29.3 Å². The molecule has 8 heteroatoms. The quantitative estimate of drug-likeness (QED) is 0.899. The van der Waals surface area contributed by atoms with Crippen molar-refractivity contribution in [1.29, 1.82) is 0 Å². The molecule has 1 aromatic rings. The van der Waals surface area contributed by atoms with Gasteiger partial charge in [0.25, 0.3) is 0 Å². The Morgan fingerprint density at radius 3 is 2.58 bits per heavy atom. The molecule has 6 nitrogen and oxygen atoms in total. The van der Waals surface area contributed by atoms with Gasteiger partial charge in [-0.3, -0.25) is 9.69 Å². The SMILES string of the molecule is CCOC(=O)N1CCN([C@H](C)C(=O)Nc2ccc(Cl)cc2F)CC1. The summed E-state index contributed by atoms with van der Waals surface area (Å²) in [6, 6.07) is 3.66. The van der Waals surface area contributed by atoms with Crippen LogP contribution in [-0.4, -0.2) is 60.6 Å². The topological polar surface area (TPSA) is 61.9 Å². The first-order chi connectivity index (χ1) is 11.4. The van der Waals surface area contributed by atoms with E-state index in [4.69, 9.17) is 16.3 Å². The number of benzene rings is 1. The van der Waals surface area contributed by atoms with Gasteiger partial charge in [0, 0.05) is 31.2 Å². The molecule has 0 spiro atoms. The Hall–Kier alpha value is -1.86. The van der Waals surface area contributed by atoms with E-state index < -0.39 is 11.9 Å². The highest BCUT2D eigenvalue weighted by molar-refractivity contribution is 6.30. The zero-order valence-corrected chi connectivity index (χ0v) is 14.5. The number of hydrogen-bond acceptors (Lipinski definition) is 4. The van der Waals surface area contributed by atoms with E-state index in [1.54, 1.807) is 18.7 Å². The van der Waals surface area contributed by atoms with E-state index in [0.717, 1.165) is 6.07 Å². The summed E-state index contributed by atoms with van der Waals surface area (Å²) in [5.74, 6) is -0.879. The number of nitrogens with zero attached hydrogens (tertiary/aromatic N) is 2. The summed E-state index contributed by atoms with van der Waals surface area (Å²) < 4.78 is 18.7. The van der Waals surface area contributed by atoms with Crippen LogP contribution in [0.25, 0.3) is 0 Å². The largest absolute Gasteiger partial charge is 0.450 e. The van der Waals surface area contributed by atoms with E-state index in [1.807, 2.05) is 4.90 Å². The zero-order valence-electron chi connectivity index (χ0n) is 13.7. The van der Waals surface area contributed by atoms with Gasteiger partial charge in [-0.05, 0) is 32.0 Å². The average Bonchev–Trinajstić information content (AvgIpc) is 2.57. The summed E-state index contributed by atoms with van der Waals surface area (Å²) in [5.41, 5.74) is 0.0985. The average molecular weight is 358 g/mol. The Balaban J connectivity index is 1.89. The normalized spacial score (nSPS) is 16.6. The molecule has 0 bridgehead atoms. The molecule has 1 atom stereocenters. The van der Waals surface area contributed by atoms with Gasteiger partial charge in [0.15, 0.2) is 0 Å².